The Kier molecular flexibility index (Phi) is 8.45. The number of para-hydroxylation sites is 2. The number of alkyl halides is 3. The fourth-order valence-electron chi connectivity index (χ4n) is 8.80. The van der Waals surface area contributed by atoms with E-state index in [1.165, 1.54) is 12.1 Å². The zero-order valence-electron chi connectivity index (χ0n) is 32.5. The summed E-state index contributed by atoms with van der Waals surface area (Å²) in [6.45, 7) is 4.08. The molecule has 0 saturated heterocycles. The van der Waals surface area contributed by atoms with Crippen LogP contribution in [0.15, 0.2) is 164 Å². The van der Waals surface area contributed by atoms with Crippen molar-refractivity contribution in [3.8, 4) is 56.9 Å². The van der Waals surface area contributed by atoms with E-state index in [0.29, 0.717) is 11.4 Å². The SMILES string of the molecule is Cc1cccc(-c2ccc3c4ccccc4n(-c4cc(-c5ccc(C#N)cc5C(F)(F)F)c(-n5c6ccccc6c6ccc(-c7cccc(C)c7)cc65)cc4C#N)c3c2)c1. The third-order valence-corrected chi connectivity index (χ3v) is 11.5. The maximum absolute atomic E-state index is 15.3. The van der Waals surface area contributed by atoms with Gasteiger partial charge in [-0.3, -0.25) is 0 Å². The van der Waals surface area contributed by atoms with Gasteiger partial charge in [0.25, 0.3) is 0 Å². The van der Waals surface area contributed by atoms with E-state index < -0.39 is 11.7 Å². The maximum Gasteiger partial charge on any atom is 0.417 e. The molecule has 0 aliphatic heterocycles. The summed E-state index contributed by atoms with van der Waals surface area (Å²) in [7, 11) is 0. The molecule has 0 aliphatic carbocycles. The molecule has 10 rings (SSSR count). The standard InChI is InChI=1S/C53H33F3N4/c1-32-9-7-11-35(23-32)37-18-21-43-41-13-3-5-15-47(41)59(50(43)26-37)49-29-45(40-20-17-34(30-57)25-46(40)53(54,55)56)52(28-39(49)31-58)60-48-16-6-4-14-42(48)44-22-19-38(27-51(44)60)36-12-8-10-33(2)24-36/h3-29H,1-2H3. The van der Waals surface area contributed by atoms with Gasteiger partial charge in [-0.15, -0.1) is 0 Å². The summed E-state index contributed by atoms with van der Waals surface area (Å²) < 4.78 is 49.9. The van der Waals surface area contributed by atoms with Gasteiger partial charge in [0, 0.05) is 27.1 Å². The molecule has 0 radical (unpaired) electrons. The lowest BCUT2D eigenvalue weighted by Crippen LogP contribution is -2.10. The minimum atomic E-state index is -4.80. The second-order valence-corrected chi connectivity index (χ2v) is 15.3. The Morgan fingerprint density at radius 1 is 0.433 bits per heavy atom. The summed E-state index contributed by atoms with van der Waals surface area (Å²) in [4.78, 5) is 0. The molecule has 0 aliphatic rings. The van der Waals surface area contributed by atoms with Crippen LogP contribution in [-0.4, -0.2) is 9.13 Å². The molecule has 0 unspecified atom stereocenters. The number of nitrogens with zero attached hydrogens (tertiary/aromatic N) is 4. The van der Waals surface area contributed by atoms with E-state index in [0.717, 1.165) is 83.1 Å². The summed E-state index contributed by atoms with van der Waals surface area (Å²) in [5.41, 5.74) is 9.51. The van der Waals surface area contributed by atoms with Crippen molar-refractivity contribution < 1.29 is 13.2 Å². The first-order chi connectivity index (χ1) is 29.1. The number of hydrogen-bond donors (Lipinski definition) is 0. The minimum absolute atomic E-state index is 0.104. The van der Waals surface area contributed by atoms with Crippen molar-refractivity contribution in [3.63, 3.8) is 0 Å². The summed E-state index contributed by atoms with van der Waals surface area (Å²) in [5, 5.41) is 24.6. The van der Waals surface area contributed by atoms with Gasteiger partial charge in [-0.25, -0.2) is 0 Å². The quantitative estimate of drug-likeness (QED) is 0.175. The summed E-state index contributed by atoms with van der Waals surface area (Å²) in [5.74, 6) is 0. The predicted octanol–water partition coefficient (Wildman–Crippen LogP) is 14.3. The van der Waals surface area contributed by atoms with Gasteiger partial charge in [-0.05, 0) is 90.2 Å². The van der Waals surface area contributed by atoms with Gasteiger partial charge in [-0.1, -0.05) is 126 Å². The molecule has 0 amide bonds. The zero-order valence-corrected chi connectivity index (χ0v) is 32.5. The van der Waals surface area contributed by atoms with Crippen molar-refractivity contribution in [1.82, 2.24) is 9.13 Å². The van der Waals surface area contributed by atoms with Crippen molar-refractivity contribution >= 4 is 43.6 Å². The highest BCUT2D eigenvalue weighted by Gasteiger charge is 2.35. The molecule has 4 nitrogen and oxygen atoms in total. The lowest BCUT2D eigenvalue weighted by molar-refractivity contribution is -0.137. The average molecular weight is 783 g/mol. The highest BCUT2D eigenvalue weighted by atomic mass is 19.4. The van der Waals surface area contributed by atoms with Crippen LogP contribution in [0.1, 0.15) is 27.8 Å². The lowest BCUT2D eigenvalue weighted by Gasteiger charge is -2.21. The van der Waals surface area contributed by atoms with Crippen LogP contribution in [0.4, 0.5) is 13.2 Å². The smallest absolute Gasteiger partial charge is 0.309 e. The van der Waals surface area contributed by atoms with Gasteiger partial charge >= 0.3 is 6.18 Å². The second kappa shape index (κ2) is 13.9. The summed E-state index contributed by atoms with van der Waals surface area (Å²) in [6.07, 6.45) is -4.80. The highest BCUT2D eigenvalue weighted by Crippen LogP contribution is 2.45. The van der Waals surface area contributed by atoms with Crippen molar-refractivity contribution in [2.75, 3.05) is 0 Å². The Balaban J connectivity index is 1.35. The normalized spacial score (nSPS) is 11.7. The van der Waals surface area contributed by atoms with Gasteiger partial charge in [-0.2, -0.15) is 23.7 Å². The molecule has 2 aromatic heterocycles. The maximum atomic E-state index is 15.3. The molecular weight excluding hydrogens is 750 g/mol. The van der Waals surface area contributed by atoms with Crippen molar-refractivity contribution in [2.24, 2.45) is 0 Å². The third-order valence-electron chi connectivity index (χ3n) is 11.5. The second-order valence-electron chi connectivity index (χ2n) is 15.3. The van der Waals surface area contributed by atoms with E-state index in [4.69, 9.17) is 0 Å². The van der Waals surface area contributed by atoms with Crippen molar-refractivity contribution in [2.45, 2.75) is 20.0 Å². The van der Waals surface area contributed by atoms with Crippen LogP contribution in [0.25, 0.3) is 88.4 Å². The van der Waals surface area contributed by atoms with Gasteiger partial charge in [0.05, 0.1) is 56.2 Å². The molecule has 0 spiro atoms. The Labute approximate surface area is 343 Å². The molecule has 60 heavy (non-hydrogen) atoms. The Morgan fingerprint density at radius 2 is 0.950 bits per heavy atom. The monoisotopic (exact) mass is 782 g/mol. The van der Waals surface area contributed by atoms with Crippen LogP contribution in [0.3, 0.4) is 0 Å². The molecule has 0 N–H and O–H groups in total. The Bertz CT molecular complexity index is 3480. The van der Waals surface area contributed by atoms with Crippen LogP contribution in [-0.2, 0) is 6.18 Å². The highest BCUT2D eigenvalue weighted by molar-refractivity contribution is 6.12. The van der Waals surface area contributed by atoms with E-state index in [2.05, 4.69) is 60.7 Å². The Hall–Kier alpha value is -7.87. The molecule has 0 fully saturated rings. The molecule has 2 heterocycles. The van der Waals surface area contributed by atoms with Crippen molar-refractivity contribution in [3.05, 3.63) is 192 Å². The first-order valence-electron chi connectivity index (χ1n) is 19.5. The molecule has 286 valence electrons. The molecule has 0 bridgehead atoms. The van der Waals surface area contributed by atoms with Crippen LogP contribution >= 0.6 is 0 Å². The van der Waals surface area contributed by atoms with E-state index in [-0.39, 0.29) is 22.3 Å². The number of aromatic nitrogens is 2. The largest absolute Gasteiger partial charge is 0.417 e. The van der Waals surface area contributed by atoms with E-state index in [1.807, 2.05) is 108 Å². The first-order valence-corrected chi connectivity index (χ1v) is 19.5. The number of hydrogen-bond acceptors (Lipinski definition) is 2. The summed E-state index contributed by atoms with van der Waals surface area (Å²) >= 11 is 0. The zero-order chi connectivity index (χ0) is 41.3. The predicted molar refractivity (Wildman–Crippen MR) is 235 cm³/mol. The number of aryl methyl sites for hydroxylation is 2. The number of fused-ring (bicyclic) bond motifs is 6. The molecule has 8 aromatic carbocycles. The average Bonchev–Trinajstić information content (AvgIpc) is 3.77. The third kappa shape index (κ3) is 5.91. The molecular formula is C53H33F3N4. The molecule has 0 atom stereocenters. The number of rotatable bonds is 5. The number of halogens is 3. The van der Waals surface area contributed by atoms with Crippen LogP contribution in [0, 0.1) is 36.5 Å². The molecule has 0 saturated carbocycles. The molecule has 7 heteroatoms. The van der Waals surface area contributed by atoms with E-state index in [9.17, 15) is 10.5 Å². The van der Waals surface area contributed by atoms with Gasteiger partial charge in [0.1, 0.15) is 6.07 Å². The fraction of sp³-hybridized carbons (Fsp3) is 0.0566. The van der Waals surface area contributed by atoms with Crippen LogP contribution in [0.2, 0.25) is 0 Å². The first kappa shape index (κ1) is 36.5. The van der Waals surface area contributed by atoms with E-state index >= 15 is 13.2 Å². The Morgan fingerprint density at radius 3 is 1.47 bits per heavy atom. The lowest BCUT2D eigenvalue weighted by atomic mass is 9.93. The number of nitriles is 2. The topological polar surface area (TPSA) is 57.4 Å². The van der Waals surface area contributed by atoms with Gasteiger partial charge < -0.3 is 9.13 Å². The minimum Gasteiger partial charge on any atom is -0.309 e. The van der Waals surface area contributed by atoms with Crippen LogP contribution < -0.4 is 0 Å². The van der Waals surface area contributed by atoms with Gasteiger partial charge in [0.2, 0.25) is 0 Å². The van der Waals surface area contributed by atoms with Crippen LogP contribution in [0.5, 0.6) is 0 Å². The van der Waals surface area contributed by atoms with E-state index in [1.54, 1.807) is 12.1 Å². The molecule has 10 aromatic rings. The fourth-order valence-corrected chi connectivity index (χ4v) is 8.80. The number of benzene rings is 8. The summed E-state index contributed by atoms with van der Waals surface area (Å²) in [6, 6.07) is 56.0. The van der Waals surface area contributed by atoms with Crippen molar-refractivity contribution in [1.29, 1.82) is 10.5 Å². The van der Waals surface area contributed by atoms with Gasteiger partial charge in [0.15, 0.2) is 0 Å².